The standard InChI is InChI=1S/C17H14N2OS/c1-12-11-13(5-4-10-18)8-9-15(12)19-17(20)14-6-2-3-7-16(14)21-19/h2-3,6-9,11H,10,18H2,1H3. The third-order valence-corrected chi connectivity index (χ3v) is 4.34. The molecule has 0 aliphatic rings. The fraction of sp³-hybridized carbons (Fsp3) is 0.118. The van der Waals surface area contributed by atoms with Gasteiger partial charge in [0.25, 0.3) is 5.56 Å². The molecule has 0 bridgehead atoms. The highest BCUT2D eigenvalue weighted by Gasteiger charge is 2.10. The Bertz CT molecular complexity index is 925. The summed E-state index contributed by atoms with van der Waals surface area (Å²) in [7, 11) is 0. The van der Waals surface area contributed by atoms with E-state index in [0.717, 1.165) is 26.9 Å². The second-order valence-electron chi connectivity index (χ2n) is 4.69. The molecule has 4 heteroatoms. The molecule has 3 rings (SSSR count). The molecule has 0 saturated carbocycles. The molecule has 3 aromatic rings. The summed E-state index contributed by atoms with van der Waals surface area (Å²) in [5.41, 5.74) is 8.24. The summed E-state index contributed by atoms with van der Waals surface area (Å²) in [5.74, 6) is 5.84. The van der Waals surface area contributed by atoms with Gasteiger partial charge in [-0.3, -0.25) is 4.79 Å². The van der Waals surface area contributed by atoms with E-state index in [2.05, 4.69) is 11.8 Å². The first-order chi connectivity index (χ1) is 10.2. The molecule has 0 aliphatic heterocycles. The van der Waals surface area contributed by atoms with Gasteiger partial charge < -0.3 is 5.73 Å². The Morgan fingerprint density at radius 3 is 2.76 bits per heavy atom. The van der Waals surface area contributed by atoms with E-state index in [-0.39, 0.29) is 5.56 Å². The van der Waals surface area contributed by atoms with Gasteiger partial charge in [0.15, 0.2) is 0 Å². The number of nitrogens with zero attached hydrogens (tertiary/aromatic N) is 1. The second kappa shape index (κ2) is 5.57. The number of rotatable bonds is 1. The topological polar surface area (TPSA) is 48.0 Å². The van der Waals surface area contributed by atoms with Gasteiger partial charge in [0.1, 0.15) is 0 Å². The van der Waals surface area contributed by atoms with Gasteiger partial charge in [0.2, 0.25) is 0 Å². The molecular weight excluding hydrogens is 280 g/mol. The van der Waals surface area contributed by atoms with E-state index >= 15 is 0 Å². The van der Waals surface area contributed by atoms with E-state index in [4.69, 9.17) is 5.73 Å². The van der Waals surface area contributed by atoms with Gasteiger partial charge in [-0.1, -0.05) is 35.5 Å². The summed E-state index contributed by atoms with van der Waals surface area (Å²) >= 11 is 1.46. The fourth-order valence-electron chi connectivity index (χ4n) is 2.24. The average Bonchev–Trinajstić information content (AvgIpc) is 2.83. The average molecular weight is 294 g/mol. The van der Waals surface area contributed by atoms with Crippen molar-refractivity contribution in [3.8, 4) is 17.5 Å². The smallest absolute Gasteiger partial charge is 0.273 e. The Labute approximate surface area is 126 Å². The minimum atomic E-state index is 0.0273. The SMILES string of the molecule is Cc1cc(C#CCN)ccc1-n1sc2ccccc2c1=O. The Kier molecular flexibility index (Phi) is 3.61. The first-order valence-electron chi connectivity index (χ1n) is 6.62. The third kappa shape index (κ3) is 2.49. The van der Waals surface area contributed by atoms with Crippen LogP contribution in [0.5, 0.6) is 0 Å². The summed E-state index contributed by atoms with van der Waals surface area (Å²) in [4.78, 5) is 12.5. The lowest BCUT2D eigenvalue weighted by Gasteiger charge is -2.05. The number of hydrogen-bond donors (Lipinski definition) is 1. The van der Waals surface area contributed by atoms with E-state index < -0.39 is 0 Å². The molecule has 104 valence electrons. The van der Waals surface area contributed by atoms with E-state index in [0.29, 0.717) is 6.54 Å². The van der Waals surface area contributed by atoms with Crippen LogP contribution in [0.2, 0.25) is 0 Å². The zero-order chi connectivity index (χ0) is 14.8. The van der Waals surface area contributed by atoms with Crippen molar-refractivity contribution in [2.24, 2.45) is 5.73 Å². The molecule has 0 aliphatic carbocycles. The summed E-state index contributed by atoms with van der Waals surface area (Å²) in [5, 5.41) is 0.758. The molecule has 21 heavy (non-hydrogen) atoms. The summed E-state index contributed by atoms with van der Waals surface area (Å²) in [6.07, 6.45) is 0. The lowest BCUT2D eigenvalue weighted by atomic mass is 10.1. The molecule has 0 fully saturated rings. The Balaban J connectivity index is 2.15. The van der Waals surface area contributed by atoms with E-state index in [1.807, 2.05) is 49.4 Å². The van der Waals surface area contributed by atoms with Crippen LogP contribution in [0.3, 0.4) is 0 Å². The molecule has 2 N–H and O–H groups in total. The van der Waals surface area contributed by atoms with Crippen molar-refractivity contribution in [1.82, 2.24) is 3.96 Å². The molecule has 3 nitrogen and oxygen atoms in total. The molecule has 0 spiro atoms. The first kappa shape index (κ1) is 13.6. The van der Waals surface area contributed by atoms with Gasteiger partial charge in [-0.25, -0.2) is 3.96 Å². The number of nitrogens with two attached hydrogens (primary N) is 1. The monoisotopic (exact) mass is 294 g/mol. The van der Waals surface area contributed by atoms with Crippen molar-refractivity contribution in [1.29, 1.82) is 0 Å². The van der Waals surface area contributed by atoms with Crippen LogP contribution in [0.4, 0.5) is 0 Å². The van der Waals surface area contributed by atoms with Gasteiger partial charge >= 0.3 is 0 Å². The maximum atomic E-state index is 12.5. The van der Waals surface area contributed by atoms with Gasteiger partial charge in [-0.15, -0.1) is 0 Å². The van der Waals surface area contributed by atoms with E-state index in [1.54, 1.807) is 3.96 Å². The van der Waals surface area contributed by atoms with Gasteiger partial charge in [0.05, 0.1) is 22.3 Å². The number of aryl methyl sites for hydroxylation is 1. The number of hydrogen-bond acceptors (Lipinski definition) is 3. The number of benzene rings is 2. The van der Waals surface area contributed by atoms with Crippen molar-refractivity contribution < 1.29 is 0 Å². The normalized spacial score (nSPS) is 10.4. The van der Waals surface area contributed by atoms with Crippen LogP contribution < -0.4 is 11.3 Å². The minimum absolute atomic E-state index is 0.0273. The third-order valence-electron chi connectivity index (χ3n) is 3.24. The van der Waals surface area contributed by atoms with Crippen LogP contribution in [0.1, 0.15) is 11.1 Å². The molecule has 2 aromatic carbocycles. The van der Waals surface area contributed by atoms with Crippen LogP contribution in [-0.2, 0) is 0 Å². The van der Waals surface area contributed by atoms with Gasteiger partial charge in [-0.05, 0) is 42.8 Å². The van der Waals surface area contributed by atoms with Crippen molar-refractivity contribution >= 4 is 21.6 Å². The quantitative estimate of drug-likeness (QED) is 0.701. The number of aromatic nitrogens is 1. The number of fused-ring (bicyclic) bond motifs is 1. The first-order valence-corrected chi connectivity index (χ1v) is 7.39. The van der Waals surface area contributed by atoms with Crippen molar-refractivity contribution in [2.45, 2.75) is 6.92 Å². The van der Waals surface area contributed by atoms with Crippen molar-refractivity contribution in [3.05, 3.63) is 63.9 Å². The molecule has 0 unspecified atom stereocenters. The Morgan fingerprint density at radius 2 is 2.05 bits per heavy atom. The maximum Gasteiger partial charge on any atom is 0.273 e. The van der Waals surface area contributed by atoms with Crippen LogP contribution in [-0.4, -0.2) is 10.5 Å². The minimum Gasteiger partial charge on any atom is -0.320 e. The highest BCUT2D eigenvalue weighted by molar-refractivity contribution is 7.14. The predicted octanol–water partition coefficient (Wildman–Crippen LogP) is 2.67. The lowest BCUT2D eigenvalue weighted by molar-refractivity contribution is 1.12. The van der Waals surface area contributed by atoms with Gasteiger partial charge in [-0.2, -0.15) is 0 Å². The van der Waals surface area contributed by atoms with E-state index in [9.17, 15) is 4.79 Å². The molecule has 0 radical (unpaired) electrons. The molecule has 0 atom stereocenters. The van der Waals surface area contributed by atoms with Crippen LogP contribution in [0, 0.1) is 18.8 Å². The Morgan fingerprint density at radius 1 is 1.24 bits per heavy atom. The zero-order valence-corrected chi connectivity index (χ0v) is 12.4. The van der Waals surface area contributed by atoms with Crippen LogP contribution in [0.25, 0.3) is 15.8 Å². The molecule has 0 amide bonds. The van der Waals surface area contributed by atoms with Crippen LogP contribution >= 0.6 is 11.5 Å². The maximum absolute atomic E-state index is 12.5. The fourth-order valence-corrected chi connectivity index (χ4v) is 3.32. The molecule has 1 heterocycles. The predicted molar refractivity (Wildman–Crippen MR) is 88.1 cm³/mol. The highest BCUT2D eigenvalue weighted by atomic mass is 32.1. The summed E-state index contributed by atoms with van der Waals surface area (Å²) in [6.45, 7) is 2.33. The van der Waals surface area contributed by atoms with Crippen molar-refractivity contribution in [3.63, 3.8) is 0 Å². The summed E-state index contributed by atoms with van der Waals surface area (Å²) in [6, 6.07) is 13.5. The Hall–Kier alpha value is -2.35. The molecule has 1 aromatic heterocycles. The zero-order valence-electron chi connectivity index (χ0n) is 11.6. The van der Waals surface area contributed by atoms with Gasteiger partial charge in [0, 0.05) is 5.56 Å². The summed E-state index contributed by atoms with van der Waals surface area (Å²) < 4.78 is 2.73. The second-order valence-corrected chi connectivity index (χ2v) is 5.68. The molecular formula is C17H14N2OS. The molecule has 0 saturated heterocycles. The lowest BCUT2D eigenvalue weighted by Crippen LogP contribution is -2.11. The van der Waals surface area contributed by atoms with E-state index in [1.165, 1.54) is 11.5 Å². The highest BCUT2D eigenvalue weighted by Crippen LogP contribution is 2.22. The van der Waals surface area contributed by atoms with Crippen molar-refractivity contribution in [2.75, 3.05) is 6.54 Å². The van der Waals surface area contributed by atoms with Crippen LogP contribution in [0.15, 0.2) is 47.3 Å². The largest absolute Gasteiger partial charge is 0.320 e.